The molecule has 0 aliphatic rings. The smallest absolute Gasteiger partial charge is 0.298 e. The minimum atomic E-state index is -0.282. The average Bonchev–Trinajstić information content (AvgIpc) is 2.50. The summed E-state index contributed by atoms with van der Waals surface area (Å²) in [5.74, 6) is -0.00278. The number of rotatable bonds is 5. The topological polar surface area (TPSA) is 81.4 Å². The molecule has 5 nitrogen and oxygen atoms in total. The highest BCUT2D eigenvalue weighted by Gasteiger charge is 2.10. The van der Waals surface area contributed by atoms with Crippen LogP contribution in [0.2, 0.25) is 0 Å². The lowest BCUT2D eigenvalue weighted by Gasteiger charge is -2.11. The number of nitrogens with two attached hydrogens (primary N) is 1. The lowest BCUT2D eigenvalue weighted by molar-refractivity contribution is -0.120. The third-order valence-corrected chi connectivity index (χ3v) is 2.74. The van der Waals surface area contributed by atoms with Crippen LogP contribution in [-0.4, -0.2) is 12.4 Å². The number of carbonyl (C=O) groups is 2. The highest BCUT2D eigenvalue weighted by atomic mass is 16.5. The molecule has 20 heavy (non-hydrogen) atoms. The molecule has 0 unspecified atom stereocenters. The van der Waals surface area contributed by atoms with Crippen molar-refractivity contribution in [2.75, 3.05) is 5.32 Å². The predicted octanol–water partition coefficient (Wildman–Crippen LogP) is 1.93. The minimum Gasteiger partial charge on any atom is -0.427 e. The maximum Gasteiger partial charge on any atom is 0.298 e. The van der Waals surface area contributed by atoms with E-state index in [1.807, 2.05) is 6.07 Å². The van der Waals surface area contributed by atoms with Crippen molar-refractivity contribution in [3.63, 3.8) is 0 Å². The van der Waals surface area contributed by atoms with E-state index < -0.39 is 0 Å². The van der Waals surface area contributed by atoms with Crippen LogP contribution < -0.4 is 15.8 Å². The maximum absolute atomic E-state index is 12.1. The second-order valence-corrected chi connectivity index (χ2v) is 4.07. The van der Waals surface area contributed by atoms with Crippen molar-refractivity contribution in [3.05, 3.63) is 59.7 Å². The van der Waals surface area contributed by atoms with E-state index in [9.17, 15) is 9.59 Å². The zero-order chi connectivity index (χ0) is 14.4. The molecule has 0 radical (unpaired) electrons. The van der Waals surface area contributed by atoms with E-state index in [4.69, 9.17) is 10.5 Å². The summed E-state index contributed by atoms with van der Waals surface area (Å²) in [7, 11) is 0. The van der Waals surface area contributed by atoms with Crippen molar-refractivity contribution >= 4 is 18.1 Å². The van der Waals surface area contributed by atoms with E-state index >= 15 is 0 Å². The number of ether oxygens (including phenoxy) is 1. The van der Waals surface area contributed by atoms with Gasteiger partial charge in [0, 0.05) is 12.1 Å². The van der Waals surface area contributed by atoms with E-state index in [0.717, 1.165) is 5.56 Å². The molecular weight excluding hydrogens is 256 g/mol. The first kappa shape index (κ1) is 13.8. The molecule has 102 valence electrons. The van der Waals surface area contributed by atoms with Crippen molar-refractivity contribution in [1.82, 2.24) is 0 Å². The van der Waals surface area contributed by atoms with Crippen LogP contribution in [0, 0.1) is 0 Å². The number of benzene rings is 2. The van der Waals surface area contributed by atoms with Gasteiger partial charge in [0.1, 0.15) is 0 Å². The van der Waals surface area contributed by atoms with E-state index in [1.54, 1.807) is 42.5 Å². The van der Waals surface area contributed by atoms with E-state index in [-0.39, 0.29) is 11.7 Å². The van der Waals surface area contributed by atoms with Crippen LogP contribution in [0.1, 0.15) is 15.9 Å². The van der Waals surface area contributed by atoms with Gasteiger partial charge < -0.3 is 15.8 Å². The monoisotopic (exact) mass is 270 g/mol. The third-order valence-electron chi connectivity index (χ3n) is 2.74. The van der Waals surface area contributed by atoms with Gasteiger partial charge in [-0.2, -0.15) is 0 Å². The molecule has 2 aromatic carbocycles. The van der Waals surface area contributed by atoms with E-state index in [1.165, 1.54) is 0 Å². The van der Waals surface area contributed by atoms with Gasteiger partial charge in [0.2, 0.25) is 0 Å². The molecule has 3 N–H and O–H groups in total. The molecule has 0 heterocycles. The SMILES string of the molecule is NCc1ccc(OC=O)c(NC(=O)c2ccccc2)c1. The summed E-state index contributed by atoms with van der Waals surface area (Å²) >= 11 is 0. The fourth-order valence-electron chi connectivity index (χ4n) is 1.74. The van der Waals surface area contributed by atoms with E-state index in [0.29, 0.717) is 24.3 Å². The largest absolute Gasteiger partial charge is 0.427 e. The van der Waals surface area contributed by atoms with Gasteiger partial charge in [-0.25, -0.2) is 0 Å². The lowest BCUT2D eigenvalue weighted by atomic mass is 10.1. The Morgan fingerprint density at radius 1 is 1.20 bits per heavy atom. The Hall–Kier alpha value is -2.66. The highest BCUT2D eigenvalue weighted by molar-refractivity contribution is 6.05. The molecule has 0 saturated heterocycles. The zero-order valence-electron chi connectivity index (χ0n) is 10.7. The summed E-state index contributed by atoms with van der Waals surface area (Å²) in [5.41, 5.74) is 7.31. The number of amides is 1. The fraction of sp³-hybridized carbons (Fsp3) is 0.0667. The standard InChI is InChI=1S/C15H14N2O3/c16-9-11-6-7-14(20-10-18)13(8-11)17-15(19)12-4-2-1-3-5-12/h1-8,10H,9,16H2,(H,17,19). The van der Waals surface area contributed by atoms with Crippen molar-refractivity contribution in [3.8, 4) is 5.75 Å². The predicted molar refractivity (Wildman–Crippen MR) is 75.4 cm³/mol. The minimum absolute atomic E-state index is 0.279. The maximum atomic E-state index is 12.1. The van der Waals surface area contributed by atoms with Gasteiger partial charge in [0.15, 0.2) is 5.75 Å². The van der Waals surface area contributed by atoms with Crippen LogP contribution in [0.25, 0.3) is 0 Å². The van der Waals surface area contributed by atoms with Gasteiger partial charge in [0.25, 0.3) is 12.4 Å². The Bertz CT molecular complexity index is 612. The molecule has 0 aromatic heterocycles. The van der Waals surface area contributed by atoms with Crippen LogP contribution >= 0.6 is 0 Å². The number of anilines is 1. The zero-order valence-corrected chi connectivity index (χ0v) is 10.7. The lowest BCUT2D eigenvalue weighted by Crippen LogP contribution is -2.13. The number of hydrogen-bond acceptors (Lipinski definition) is 4. The van der Waals surface area contributed by atoms with Crippen molar-refractivity contribution < 1.29 is 14.3 Å². The molecule has 0 spiro atoms. The highest BCUT2D eigenvalue weighted by Crippen LogP contribution is 2.26. The molecule has 0 aliphatic carbocycles. The number of nitrogens with one attached hydrogen (secondary N) is 1. The molecule has 1 amide bonds. The van der Waals surface area contributed by atoms with Gasteiger partial charge in [-0.3, -0.25) is 9.59 Å². The first-order valence-electron chi connectivity index (χ1n) is 6.04. The van der Waals surface area contributed by atoms with Crippen molar-refractivity contribution in [1.29, 1.82) is 0 Å². The van der Waals surface area contributed by atoms with Crippen LogP contribution in [-0.2, 0) is 11.3 Å². The van der Waals surface area contributed by atoms with Gasteiger partial charge in [-0.1, -0.05) is 24.3 Å². The summed E-state index contributed by atoms with van der Waals surface area (Å²) in [4.78, 5) is 22.6. The van der Waals surface area contributed by atoms with Gasteiger partial charge in [-0.05, 0) is 29.8 Å². The van der Waals surface area contributed by atoms with Crippen LogP contribution in [0.15, 0.2) is 48.5 Å². The summed E-state index contributed by atoms with van der Waals surface area (Å²) < 4.78 is 4.84. The van der Waals surface area contributed by atoms with Crippen LogP contribution in [0.5, 0.6) is 5.75 Å². The van der Waals surface area contributed by atoms with Gasteiger partial charge in [-0.15, -0.1) is 0 Å². The quantitative estimate of drug-likeness (QED) is 0.813. The average molecular weight is 270 g/mol. The summed E-state index contributed by atoms with van der Waals surface area (Å²) in [6.45, 7) is 0.644. The molecule has 2 rings (SSSR count). The summed E-state index contributed by atoms with van der Waals surface area (Å²) in [6, 6.07) is 13.8. The van der Waals surface area contributed by atoms with Gasteiger partial charge in [0.05, 0.1) is 5.69 Å². The molecular formula is C15H14N2O3. The summed E-state index contributed by atoms with van der Waals surface area (Å²) in [6.07, 6.45) is 0. The molecule has 5 heteroatoms. The molecule has 0 saturated carbocycles. The van der Waals surface area contributed by atoms with Crippen LogP contribution in [0.4, 0.5) is 5.69 Å². The Kier molecular flexibility index (Phi) is 4.47. The second kappa shape index (κ2) is 6.49. The second-order valence-electron chi connectivity index (χ2n) is 4.07. The number of hydrogen-bond donors (Lipinski definition) is 2. The van der Waals surface area contributed by atoms with Crippen molar-refractivity contribution in [2.45, 2.75) is 6.54 Å². The van der Waals surface area contributed by atoms with Crippen molar-refractivity contribution in [2.24, 2.45) is 5.73 Å². The summed E-state index contributed by atoms with van der Waals surface area (Å²) in [5, 5.41) is 2.71. The van der Waals surface area contributed by atoms with E-state index in [2.05, 4.69) is 5.32 Å². The molecule has 2 aromatic rings. The fourth-order valence-corrected chi connectivity index (χ4v) is 1.74. The van der Waals surface area contributed by atoms with Gasteiger partial charge >= 0.3 is 0 Å². The van der Waals surface area contributed by atoms with Crippen LogP contribution in [0.3, 0.4) is 0 Å². The Morgan fingerprint density at radius 3 is 2.60 bits per heavy atom. The Labute approximate surface area is 116 Å². The molecule has 0 atom stereocenters. The molecule has 0 fully saturated rings. The molecule has 0 aliphatic heterocycles. The first-order valence-corrected chi connectivity index (χ1v) is 6.04. The molecule has 0 bridgehead atoms. The first-order chi connectivity index (χ1) is 9.74. The third kappa shape index (κ3) is 3.21. The Morgan fingerprint density at radius 2 is 1.95 bits per heavy atom. The number of carbonyl (C=O) groups excluding carboxylic acids is 2. The normalized spacial score (nSPS) is 9.85. The Balaban J connectivity index is 2.27.